The van der Waals surface area contributed by atoms with Gasteiger partial charge in [-0.05, 0) is 48.2 Å². The second kappa shape index (κ2) is 11.9. The van der Waals surface area contributed by atoms with E-state index in [0.717, 1.165) is 64.1 Å². The first-order valence-electron chi connectivity index (χ1n) is 13.5. The van der Waals surface area contributed by atoms with Crippen LogP contribution in [0.3, 0.4) is 0 Å². The van der Waals surface area contributed by atoms with Crippen molar-refractivity contribution < 1.29 is 9.53 Å². The lowest BCUT2D eigenvalue weighted by molar-refractivity contribution is 0.0526. The third-order valence-corrected chi connectivity index (χ3v) is 8.91. The lowest BCUT2D eigenvalue weighted by atomic mass is 10.0. The molecule has 0 saturated heterocycles. The van der Waals surface area contributed by atoms with Crippen LogP contribution in [0, 0.1) is 0 Å². The summed E-state index contributed by atoms with van der Waals surface area (Å²) in [5, 5.41) is 1.87. The molecule has 202 valence electrons. The maximum Gasteiger partial charge on any atom is 0.341 e. The Morgan fingerprint density at radius 3 is 2.55 bits per heavy atom. The number of para-hydroxylation sites is 1. The van der Waals surface area contributed by atoms with Crippen LogP contribution >= 0.6 is 27.3 Å². The minimum Gasteiger partial charge on any atom is -0.462 e. The van der Waals surface area contributed by atoms with E-state index in [1.165, 1.54) is 16.0 Å². The number of halogens is 1. The molecular formula is C33H30BrN3O2S. The largest absolute Gasteiger partial charge is 0.462 e. The van der Waals surface area contributed by atoms with E-state index in [9.17, 15) is 4.79 Å². The minimum atomic E-state index is -0.277. The van der Waals surface area contributed by atoms with Gasteiger partial charge in [-0.1, -0.05) is 76.6 Å². The zero-order chi connectivity index (χ0) is 27.5. The predicted octanol–water partition coefficient (Wildman–Crippen LogP) is 8.00. The number of benzene rings is 3. The van der Waals surface area contributed by atoms with Gasteiger partial charge in [0.25, 0.3) is 0 Å². The number of thiophene rings is 1. The number of esters is 1. The second-order valence-corrected chi connectivity index (χ2v) is 12.0. The van der Waals surface area contributed by atoms with Crippen LogP contribution < -0.4 is 0 Å². The monoisotopic (exact) mass is 611 g/mol. The van der Waals surface area contributed by atoms with Gasteiger partial charge in [0.15, 0.2) is 0 Å². The van der Waals surface area contributed by atoms with E-state index in [-0.39, 0.29) is 5.97 Å². The van der Waals surface area contributed by atoms with Crippen LogP contribution in [-0.4, -0.2) is 34.8 Å². The summed E-state index contributed by atoms with van der Waals surface area (Å²) in [6.07, 6.45) is 4.87. The first-order chi connectivity index (χ1) is 19.6. The fourth-order valence-electron chi connectivity index (χ4n) is 5.35. The molecular weight excluding hydrogens is 582 g/mol. The molecule has 0 saturated carbocycles. The number of hydrogen-bond donors (Lipinski definition) is 0. The topological polar surface area (TPSA) is 46.8 Å². The molecule has 3 aromatic carbocycles. The summed E-state index contributed by atoms with van der Waals surface area (Å²) < 4.78 is 8.82. The summed E-state index contributed by atoms with van der Waals surface area (Å²) in [4.78, 5) is 21.7. The molecule has 3 heterocycles. The average Bonchev–Trinajstić information content (AvgIpc) is 3.51. The van der Waals surface area contributed by atoms with Crippen molar-refractivity contribution in [3.05, 3.63) is 122 Å². The van der Waals surface area contributed by atoms with Crippen LogP contribution in [0.5, 0.6) is 0 Å². The number of ether oxygens (including phenoxy) is 1. The normalized spacial score (nSPS) is 13.7. The molecule has 40 heavy (non-hydrogen) atoms. The molecule has 0 bridgehead atoms. The number of nitrogens with zero attached hydrogens (tertiary/aromatic N) is 3. The number of fused-ring (bicyclic) bond motifs is 2. The van der Waals surface area contributed by atoms with E-state index in [2.05, 4.69) is 104 Å². The molecule has 0 aliphatic carbocycles. The van der Waals surface area contributed by atoms with Crippen molar-refractivity contribution in [3.8, 4) is 0 Å². The maximum atomic E-state index is 13.1. The average molecular weight is 613 g/mol. The number of carbonyl (C=O) groups excluding carboxylic acids is 1. The smallest absolute Gasteiger partial charge is 0.341 e. The van der Waals surface area contributed by atoms with E-state index in [4.69, 9.17) is 9.73 Å². The summed E-state index contributed by atoms with van der Waals surface area (Å²) in [6, 6.07) is 27.3. The van der Waals surface area contributed by atoms with E-state index in [1.807, 2.05) is 19.2 Å². The molecule has 2 aromatic heterocycles. The van der Waals surface area contributed by atoms with Crippen molar-refractivity contribution in [2.24, 2.45) is 4.99 Å². The van der Waals surface area contributed by atoms with Gasteiger partial charge in [0, 0.05) is 64.4 Å². The molecule has 5 nitrogen and oxygen atoms in total. The van der Waals surface area contributed by atoms with Crippen molar-refractivity contribution in [3.63, 3.8) is 0 Å². The summed E-state index contributed by atoms with van der Waals surface area (Å²) in [6.45, 7) is 5.56. The highest BCUT2D eigenvalue weighted by molar-refractivity contribution is 9.10. The summed E-state index contributed by atoms with van der Waals surface area (Å²) in [5.41, 5.74) is 6.43. The first-order valence-corrected chi connectivity index (χ1v) is 15.1. The summed E-state index contributed by atoms with van der Waals surface area (Å²) in [5.74, 6) is -0.277. The Morgan fingerprint density at radius 1 is 1.00 bits per heavy atom. The number of aromatic nitrogens is 1. The van der Waals surface area contributed by atoms with Gasteiger partial charge >= 0.3 is 5.97 Å². The fraction of sp³-hybridized carbons (Fsp3) is 0.212. The van der Waals surface area contributed by atoms with Gasteiger partial charge in [-0.3, -0.25) is 4.90 Å². The molecule has 5 aromatic rings. The third-order valence-electron chi connectivity index (χ3n) is 7.25. The highest BCUT2D eigenvalue weighted by atomic mass is 79.9. The Hall–Kier alpha value is -3.52. The van der Waals surface area contributed by atoms with Crippen LogP contribution in [0.4, 0.5) is 5.00 Å². The van der Waals surface area contributed by atoms with E-state index < -0.39 is 0 Å². The lowest BCUT2D eigenvalue weighted by Gasteiger charge is -2.27. The Bertz CT molecular complexity index is 1670. The lowest BCUT2D eigenvalue weighted by Crippen LogP contribution is -2.29. The van der Waals surface area contributed by atoms with Gasteiger partial charge in [0.1, 0.15) is 5.00 Å². The van der Waals surface area contributed by atoms with E-state index in [0.29, 0.717) is 12.2 Å². The number of aliphatic imine (C=N–C) groups is 1. The number of hydrogen-bond acceptors (Lipinski definition) is 5. The van der Waals surface area contributed by atoms with E-state index in [1.54, 1.807) is 11.3 Å². The molecule has 0 spiro atoms. The van der Waals surface area contributed by atoms with Crippen molar-refractivity contribution in [2.75, 3.05) is 13.2 Å². The summed E-state index contributed by atoms with van der Waals surface area (Å²) in [7, 11) is 0. The first kappa shape index (κ1) is 26.7. The molecule has 1 aliphatic heterocycles. The summed E-state index contributed by atoms with van der Waals surface area (Å²) >= 11 is 5.14. The molecule has 0 atom stereocenters. The van der Waals surface area contributed by atoms with Gasteiger partial charge in [-0.2, -0.15) is 0 Å². The number of carbonyl (C=O) groups is 1. The molecule has 0 radical (unpaired) electrons. The molecule has 7 heteroatoms. The van der Waals surface area contributed by atoms with Crippen molar-refractivity contribution in [1.82, 2.24) is 9.47 Å². The van der Waals surface area contributed by atoms with Crippen LogP contribution in [0.15, 0.2) is 94.5 Å². The SMILES string of the molecule is CCOC(=O)c1c(N=Cc2cn(Cc3ccc(Br)cc3)c3ccccc23)sc2c1CCN(Cc1ccccc1)C2. The second-order valence-electron chi connectivity index (χ2n) is 9.96. The zero-order valence-electron chi connectivity index (χ0n) is 22.3. The van der Waals surface area contributed by atoms with Gasteiger partial charge in [-0.25, -0.2) is 9.79 Å². The standard InChI is InChI=1S/C33H30BrN3O2S/c1-2-39-33(38)31-28-16-17-36(19-23-8-4-3-5-9-23)22-30(28)40-32(31)35-18-25-21-37(29-11-7-6-10-27(25)29)20-24-12-14-26(34)15-13-24/h3-15,18,21H,2,16-17,19-20,22H2,1H3. The number of rotatable bonds is 8. The highest BCUT2D eigenvalue weighted by Gasteiger charge is 2.28. The Balaban J connectivity index is 1.32. The van der Waals surface area contributed by atoms with E-state index >= 15 is 0 Å². The van der Waals surface area contributed by atoms with Crippen LogP contribution in [0.2, 0.25) is 0 Å². The van der Waals surface area contributed by atoms with Crippen molar-refractivity contribution in [2.45, 2.75) is 33.0 Å². The molecule has 0 N–H and O–H groups in total. The minimum absolute atomic E-state index is 0.277. The maximum absolute atomic E-state index is 13.1. The molecule has 0 fully saturated rings. The molecule has 1 aliphatic rings. The molecule has 0 amide bonds. The van der Waals surface area contributed by atoms with Crippen LogP contribution in [0.25, 0.3) is 10.9 Å². The Labute approximate surface area is 246 Å². The highest BCUT2D eigenvalue weighted by Crippen LogP contribution is 2.40. The van der Waals surface area contributed by atoms with Gasteiger partial charge in [0.2, 0.25) is 0 Å². The quantitative estimate of drug-likeness (QED) is 0.132. The molecule has 0 unspecified atom stereocenters. The van der Waals surface area contributed by atoms with Crippen LogP contribution in [-0.2, 0) is 30.8 Å². The Kier molecular flexibility index (Phi) is 7.96. The third kappa shape index (κ3) is 5.68. The zero-order valence-corrected chi connectivity index (χ0v) is 24.7. The van der Waals surface area contributed by atoms with Crippen molar-refractivity contribution in [1.29, 1.82) is 0 Å². The molecule has 6 rings (SSSR count). The van der Waals surface area contributed by atoms with Gasteiger partial charge < -0.3 is 9.30 Å². The van der Waals surface area contributed by atoms with Gasteiger partial charge in [0.05, 0.1) is 12.2 Å². The predicted molar refractivity (Wildman–Crippen MR) is 167 cm³/mol. The van der Waals surface area contributed by atoms with Crippen LogP contribution in [0.1, 0.15) is 44.4 Å². The van der Waals surface area contributed by atoms with Gasteiger partial charge in [-0.15, -0.1) is 11.3 Å². The fourth-order valence-corrected chi connectivity index (χ4v) is 6.83. The Morgan fingerprint density at radius 2 is 1.75 bits per heavy atom. The van der Waals surface area contributed by atoms with Crippen molar-refractivity contribution >= 4 is 55.4 Å².